The molecule has 0 saturated carbocycles. The van der Waals surface area contributed by atoms with Gasteiger partial charge in [-0.1, -0.05) is 57.5 Å². The van der Waals surface area contributed by atoms with Crippen LogP contribution in [0.4, 0.5) is 0 Å². The van der Waals surface area contributed by atoms with Crippen LogP contribution in [0.15, 0.2) is 30.3 Å². The Kier molecular flexibility index (Phi) is 15.3. The van der Waals surface area contributed by atoms with Crippen LogP contribution in [0.25, 0.3) is 0 Å². The van der Waals surface area contributed by atoms with Crippen molar-refractivity contribution in [3.05, 3.63) is 35.9 Å². The Morgan fingerprint density at radius 1 is 0.917 bits per heavy atom. The zero-order valence-electron chi connectivity index (χ0n) is 22.9. The second kappa shape index (κ2) is 16.7. The van der Waals surface area contributed by atoms with Gasteiger partial charge in [-0.3, -0.25) is 9.36 Å². The quantitative estimate of drug-likeness (QED) is 0.0954. The van der Waals surface area contributed by atoms with Gasteiger partial charge in [0.25, 0.3) is 0 Å². The summed E-state index contributed by atoms with van der Waals surface area (Å²) in [7, 11) is -7.76. The largest absolute Gasteiger partial charge is 0.504 e. The number of hydrogen-bond acceptors (Lipinski definition) is 6. The molecule has 8 nitrogen and oxygen atoms in total. The minimum atomic E-state index is -4.36. The molecule has 0 spiro atoms. The van der Waals surface area contributed by atoms with Gasteiger partial charge in [0.1, 0.15) is 0 Å². The Balaban J connectivity index is 3.40. The number of unbranched alkanes of at least 4 members (excludes halogenated alkanes) is 1. The van der Waals surface area contributed by atoms with E-state index < -0.39 is 33.5 Å². The van der Waals surface area contributed by atoms with Gasteiger partial charge in [-0.2, -0.15) is 0 Å². The Labute approximate surface area is 218 Å². The average molecular weight is 547 g/mol. The fraction of sp³-hybridized carbons (Fsp3) is 0.731. The first kappa shape index (κ1) is 33.0. The highest BCUT2D eigenvalue weighted by molar-refractivity contribution is 7.52. The molecule has 1 rings (SSSR count). The van der Waals surface area contributed by atoms with Crippen molar-refractivity contribution < 1.29 is 37.2 Å². The maximum absolute atomic E-state index is 13.3. The van der Waals surface area contributed by atoms with Gasteiger partial charge in [-0.25, -0.2) is 0 Å². The first-order valence-corrected chi connectivity index (χ1v) is 16.7. The summed E-state index contributed by atoms with van der Waals surface area (Å²) >= 11 is 0. The summed E-state index contributed by atoms with van der Waals surface area (Å²) in [6.07, 6.45) is 2.65. The number of benzene rings is 1. The summed E-state index contributed by atoms with van der Waals surface area (Å²) in [6, 6.07) is 9.98. The van der Waals surface area contributed by atoms with Crippen LogP contribution in [-0.4, -0.2) is 56.6 Å². The van der Waals surface area contributed by atoms with E-state index in [-0.39, 0.29) is 18.3 Å². The van der Waals surface area contributed by atoms with Crippen LogP contribution in [0, 0.1) is 5.92 Å². The van der Waals surface area contributed by atoms with Gasteiger partial charge in [-0.05, 0) is 57.9 Å². The van der Waals surface area contributed by atoms with Crippen molar-refractivity contribution in [3.8, 4) is 0 Å². The molecule has 0 aliphatic carbocycles. The first-order chi connectivity index (χ1) is 17.0. The molecule has 208 valence electrons. The molecule has 0 aliphatic rings. The zero-order valence-corrected chi connectivity index (χ0v) is 24.7. The molecular weight excluding hydrogens is 499 g/mol. The third-order valence-corrected chi connectivity index (χ3v) is 11.3. The van der Waals surface area contributed by atoms with Crippen molar-refractivity contribution >= 4 is 22.4 Å². The average Bonchev–Trinajstić information content (AvgIpc) is 2.83. The highest BCUT2D eigenvalue weighted by atomic mass is 31.2. The number of esters is 1. The summed E-state index contributed by atoms with van der Waals surface area (Å²) in [5.74, 6) is -0.719. The van der Waals surface area contributed by atoms with Gasteiger partial charge in [-0.15, -0.1) is 0 Å². The van der Waals surface area contributed by atoms with Crippen LogP contribution in [-0.2, 0) is 27.4 Å². The number of hydrogen-bond donors (Lipinski definition) is 2. The van der Waals surface area contributed by atoms with Crippen molar-refractivity contribution in [1.82, 2.24) is 0 Å². The number of ether oxygens (including phenoxy) is 1. The Bertz CT molecular complexity index is 770. The second-order valence-electron chi connectivity index (χ2n) is 9.27. The highest BCUT2D eigenvalue weighted by Crippen LogP contribution is 2.48. The molecule has 0 saturated heterocycles. The van der Waals surface area contributed by atoms with E-state index in [1.807, 2.05) is 58.0 Å². The van der Waals surface area contributed by atoms with E-state index in [2.05, 4.69) is 6.92 Å². The molecule has 0 aromatic heterocycles. The first-order valence-electron chi connectivity index (χ1n) is 13.2. The van der Waals surface area contributed by atoms with E-state index in [0.717, 1.165) is 18.4 Å². The molecular formula is C26H47O8PSi. The van der Waals surface area contributed by atoms with Gasteiger partial charge in [0.15, 0.2) is 0 Å². The fourth-order valence-electron chi connectivity index (χ4n) is 4.43. The number of carbonyl (C=O) groups is 1. The van der Waals surface area contributed by atoms with E-state index in [1.165, 1.54) is 6.92 Å². The summed E-state index contributed by atoms with van der Waals surface area (Å²) in [5.41, 5.74) is -0.294. The SMILES string of the molecule is CCCCOC(=O)C(CC(C)c1ccccc1)CC(CC(C)P(=O)(O)O)[Si](OCC)(OCC)OCC. The molecule has 4 atom stereocenters. The van der Waals surface area contributed by atoms with E-state index >= 15 is 0 Å². The molecule has 4 unspecified atom stereocenters. The van der Waals surface area contributed by atoms with Crippen LogP contribution < -0.4 is 0 Å². The molecule has 0 amide bonds. The Morgan fingerprint density at radius 2 is 1.47 bits per heavy atom. The van der Waals surface area contributed by atoms with Gasteiger partial charge >= 0.3 is 22.4 Å². The minimum absolute atomic E-state index is 0.0807. The van der Waals surface area contributed by atoms with Gasteiger partial charge in [0.05, 0.1) is 18.2 Å². The highest BCUT2D eigenvalue weighted by Gasteiger charge is 2.52. The van der Waals surface area contributed by atoms with Crippen molar-refractivity contribution in [2.24, 2.45) is 5.92 Å². The monoisotopic (exact) mass is 546 g/mol. The molecule has 0 radical (unpaired) electrons. The molecule has 0 bridgehead atoms. The smallest absolute Gasteiger partial charge is 0.465 e. The van der Waals surface area contributed by atoms with Crippen molar-refractivity contribution in [2.75, 3.05) is 26.4 Å². The summed E-state index contributed by atoms with van der Waals surface area (Å²) in [6.45, 7) is 12.5. The lowest BCUT2D eigenvalue weighted by atomic mass is 9.87. The van der Waals surface area contributed by atoms with E-state index in [0.29, 0.717) is 39.3 Å². The lowest BCUT2D eigenvalue weighted by molar-refractivity contribution is -0.149. The summed E-state index contributed by atoms with van der Waals surface area (Å²) in [4.78, 5) is 33.1. The molecule has 0 fully saturated rings. The van der Waals surface area contributed by atoms with Crippen LogP contribution in [0.1, 0.15) is 85.1 Å². The van der Waals surface area contributed by atoms with E-state index in [1.54, 1.807) is 0 Å². The zero-order chi connectivity index (χ0) is 27.2. The van der Waals surface area contributed by atoms with Crippen LogP contribution in [0.3, 0.4) is 0 Å². The van der Waals surface area contributed by atoms with Crippen molar-refractivity contribution in [1.29, 1.82) is 0 Å². The van der Waals surface area contributed by atoms with Crippen LogP contribution >= 0.6 is 7.60 Å². The van der Waals surface area contributed by atoms with Crippen LogP contribution in [0.5, 0.6) is 0 Å². The fourth-order valence-corrected chi connectivity index (χ4v) is 8.53. The molecule has 10 heteroatoms. The maximum atomic E-state index is 13.3. The summed E-state index contributed by atoms with van der Waals surface area (Å²) < 4.78 is 36.2. The predicted octanol–water partition coefficient (Wildman–Crippen LogP) is 5.90. The second-order valence-corrected chi connectivity index (χ2v) is 14.2. The van der Waals surface area contributed by atoms with Gasteiger partial charge in [0.2, 0.25) is 0 Å². The Hall–Kier alpha value is -1.06. The van der Waals surface area contributed by atoms with E-state index in [9.17, 15) is 19.1 Å². The van der Waals surface area contributed by atoms with Gasteiger partial charge < -0.3 is 27.8 Å². The maximum Gasteiger partial charge on any atom is 0.504 e. The lowest BCUT2D eigenvalue weighted by Crippen LogP contribution is -2.52. The molecule has 1 aromatic rings. The Morgan fingerprint density at radius 3 is 1.94 bits per heavy atom. The molecule has 0 aliphatic heterocycles. The molecule has 36 heavy (non-hydrogen) atoms. The van der Waals surface area contributed by atoms with Crippen LogP contribution in [0.2, 0.25) is 5.54 Å². The normalized spacial score (nSPS) is 15.8. The lowest BCUT2D eigenvalue weighted by Gasteiger charge is -2.38. The number of carbonyl (C=O) groups excluding carboxylic acids is 1. The topological polar surface area (TPSA) is 112 Å². The summed E-state index contributed by atoms with van der Waals surface area (Å²) in [5, 5.41) is 0. The van der Waals surface area contributed by atoms with Crippen molar-refractivity contribution in [2.45, 2.75) is 90.8 Å². The van der Waals surface area contributed by atoms with E-state index in [4.69, 9.17) is 18.0 Å². The molecule has 1 aromatic carbocycles. The standard InChI is InChI=1S/C26H47O8PSi/c1-7-11-17-31-26(27)24(18-21(5)23-15-13-12-14-16-23)20-25(19-22(6)35(28,29)30)36(32-8-2,33-9-3)34-10-4/h12-16,21-22,24-25H,7-11,17-20H2,1-6H3,(H2,28,29,30). The van der Waals surface area contributed by atoms with Crippen molar-refractivity contribution in [3.63, 3.8) is 0 Å². The third-order valence-electron chi connectivity index (χ3n) is 6.39. The number of rotatable bonds is 19. The third kappa shape index (κ3) is 10.7. The molecule has 2 N–H and O–H groups in total. The predicted molar refractivity (Wildman–Crippen MR) is 144 cm³/mol. The van der Waals surface area contributed by atoms with Gasteiger partial charge in [0, 0.05) is 25.4 Å². The molecule has 0 heterocycles. The minimum Gasteiger partial charge on any atom is -0.465 e.